The van der Waals surface area contributed by atoms with Crippen molar-refractivity contribution in [3.8, 4) is 0 Å². The molecule has 0 aromatic heterocycles. The molecule has 2 unspecified atom stereocenters. The van der Waals surface area contributed by atoms with Crippen molar-refractivity contribution in [1.29, 1.82) is 0 Å². The largest absolute Gasteiger partial charge is 0.378 e. The second kappa shape index (κ2) is 8.02. The fourth-order valence-corrected chi connectivity index (χ4v) is 5.76. The van der Waals surface area contributed by atoms with E-state index in [9.17, 15) is 8.42 Å². The van der Waals surface area contributed by atoms with Crippen LogP contribution in [0.5, 0.6) is 0 Å². The van der Waals surface area contributed by atoms with Gasteiger partial charge in [0.25, 0.3) is 0 Å². The molecule has 7 nitrogen and oxygen atoms in total. The number of hydrogen-bond donors (Lipinski definition) is 2. The summed E-state index contributed by atoms with van der Waals surface area (Å²) in [7, 11) is -1.27. The number of sulfonamides is 1. The Bertz CT molecular complexity index is 610. The second-order valence-corrected chi connectivity index (χ2v) is 10.0. The van der Waals surface area contributed by atoms with Crippen LogP contribution < -0.4 is 10.6 Å². The topological polar surface area (TPSA) is 83.0 Å². The standard InChI is InChI=1S/C18H34N4O3S/c1-4-25-16-13-15(18(16)9-6-10-18)21-17(19-3)20-14-7-11-22(12-8-14)26(23,24)5-2/h14-16H,4-13H2,1-3H3,(H2,19,20,21). The summed E-state index contributed by atoms with van der Waals surface area (Å²) in [5.74, 6) is 1.02. The lowest BCUT2D eigenvalue weighted by Crippen LogP contribution is -2.69. The van der Waals surface area contributed by atoms with Crippen LogP contribution in [0.3, 0.4) is 0 Å². The molecule has 1 saturated heterocycles. The monoisotopic (exact) mass is 386 g/mol. The van der Waals surface area contributed by atoms with Gasteiger partial charge < -0.3 is 15.4 Å². The lowest BCUT2D eigenvalue weighted by molar-refractivity contribution is -0.168. The van der Waals surface area contributed by atoms with E-state index >= 15 is 0 Å². The first-order valence-electron chi connectivity index (χ1n) is 10.0. The molecule has 2 atom stereocenters. The molecular weight excluding hydrogens is 352 g/mol. The van der Waals surface area contributed by atoms with E-state index in [-0.39, 0.29) is 11.8 Å². The Morgan fingerprint density at radius 1 is 1.23 bits per heavy atom. The Hall–Kier alpha value is -0.860. The third kappa shape index (κ3) is 3.73. The summed E-state index contributed by atoms with van der Waals surface area (Å²) in [4.78, 5) is 4.40. The fourth-order valence-electron chi connectivity index (χ4n) is 4.63. The number of nitrogens with zero attached hydrogens (tertiary/aromatic N) is 2. The molecule has 3 aliphatic rings. The van der Waals surface area contributed by atoms with Crippen LogP contribution >= 0.6 is 0 Å². The van der Waals surface area contributed by atoms with Crippen molar-refractivity contribution in [2.24, 2.45) is 10.4 Å². The lowest BCUT2D eigenvalue weighted by atomic mass is 9.51. The van der Waals surface area contributed by atoms with Gasteiger partial charge in [0.1, 0.15) is 0 Å². The van der Waals surface area contributed by atoms with E-state index in [4.69, 9.17) is 4.74 Å². The molecule has 2 N–H and O–H groups in total. The molecule has 150 valence electrons. The molecule has 2 saturated carbocycles. The van der Waals surface area contributed by atoms with Crippen LogP contribution in [0.15, 0.2) is 4.99 Å². The molecule has 0 bridgehead atoms. The second-order valence-electron chi connectivity index (χ2n) is 7.75. The number of hydrogen-bond acceptors (Lipinski definition) is 4. The van der Waals surface area contributed by atoms with Crippen molar-refractivity contribution in [3.05, 3.63) is 0 Å². The first-order chi connectivity index (χ1) is 12.4. The summed E-state index contributed by atoms with van der Waals surface area (Å²) in [6.07, 6.45) is 6.83. The van der Waals surface area contributed by atoms with Gasteiger partial charge in [0, 0.05) is 44.2 Å². The van der Waals surface area contributed by atoms with Crippen LogP contribution in [0.2, 0.25) is 0 Å². The molecule has 8 heteroatoms. The van der Waals surface area contributed by atoms with Gasteiger partial charge in [-0.1, -0.05) is 6.42 Å². The van der Waals surface area contributed by atoms with Crippen LogP contribution in [0.4, 0.5) is 0 Å². The van der Waals surface area contributed by atoms with Crippen molar-refractivity contribution in [1.82, 2.24) is 14.9 Å². The maximum atomic E-state index is 12.0. The van der Waals surface area contributed by atoms with Gasteiger partial charge in [0.2, 0.25) is 10.0 Å². The minimum atomic E-state index is -3.07. The summed E-state index contributed by atoms with van der Waals surface area (Å²) in [5.41, 5.74) is 0.298. The van der Waals surface area contributed by atoms with Gasteiger partial charge in [-0.05, 0) is 46.0 Å². The summed E-state index contributed by atoms with van der Waals surface area (Å²) in [6.45, 7) is 5.73. The molecule has 26 heavy (non-hydrogen) atoms. The zero-order chi connectivity index (χ0) is 18.8. The smallest absolute Gasteiger partial charge is 0.213 e. The average Bonchev–Trinajstić information content (AvgIpc) is 2.58. The van der Waals surface area contributed by atoms with Crippen molar-refractivity contribution in [2.45, 2.75) is 70.6 Å². The molecule has 3 fully saturated rings. The van der Waals surface area contributed by atoms with Crippen LogP contribution in [-0.2, 0) is 14.8 Å². The number of piperidine rings is 1. The predicted octanol–water partition coefficient (Wildman–Crippen LogP) is 1.31. The summed E-state index contributed by atoms with van der Waals surface area (Å²) >= 11 is 0. The van der Waals surface area contributed by atoms with Crippen LogP contribution in [0.25, 0.3) is 0 Å². The molecular formula is C18H34N4O3S. The zero-order valence-electron chi connectivity index (χ0n) is 16.3. The van der Waals surface area contributed by atoms with E-state index in [1.54, 1.807) is 18.3 Å². The maximum Gasteiger partial charge on any atom is 0.213 e. The molecule has 0 amide bonds. The van der Waals surface area contributed by atoms with E-state index in [1.165, 1.54) is 19.3 Å². The van der Waals surface area contributed by atoms with Crippen molar-refractivity contribution in [2.75, 3.05) is 32.5 Å². The minimum Gasteiger partial charge on any atom is -0.378 e. The normalized spacial score (nSPS) is 29.9. The molecule has 1 spiro atoms. The molecule has 3 rings (SSSR count). The SMILES string of the molecule is CCOC1CC(NC(=NC)NC2CCN(S(=O)(=O)CC)CC2)C12CCC2. The Kier molecular flexibility index (Phi) is 6.14. The highest BCUT2D eigenvalue weighted by Gasteiger charge is 2.59. The van der Waals surface area contributed by atoms with Gasteiger partial charge in [-0.3, -0.25) is 4.99 Å². The summed E-state index contributed by atoms with van der Waals surface area (Å²) in [6, 6.07) is 0.698. The van der Waals surface area contributed by atoms with Crippen molar-refractivity contribution >= 4 is 16.0 Å². The van der Waals surface area contributed by atoms with Gasteiger partial charge in [-0.15, -0.1) is 0 Å². The molecule has 2 aliphatic carbocycles. The number of ether oxygens (including phenoxy) is 1. The number of nitrogens with one attached hydrogen (secondary N) is 2. The van der Waals surface area contributed by atoms with Gasteiger partial charge >= 0.3 is 0 Å². The van der Waals surface area contributed by atoms with Gasteiger partial charge in [-0.2, -0.15) is 0 Å². The highest BCUT2D eigenvalue weighted by Crippen LogP contribution is 2.57. The third-order valence-electron chi connectivity index (χ3n) is 6.52. The Morgan fingerprint density at radius 3 is 2.42 bits per heavy atom. The Labute approximate surface area is 158 Å². The summed E-state index contributed by atoms with van der Waals surface area (Å²) in [5, 5.41) is 7.12. The number of guanidine groups is 1. The fraction of sp³-hybridized carbons (Fsp3) is 0.944. The third-order valence-corrected chi connectivity index (χ3v) is 8.41. The zero-order valence-corrected chi connectivity index (χ0v) is 17.1. The lowest BCUT2D eigenvalue weighted by Gasteiger charge is -2.61. The molecule has 0 radical (unpaired) electrons. The van der Waals surface area contributed by atoms with E-state index < -0.39 is 10.0 Å². The Balaban J connectivity index is 1.49. The average molecular weight is 387 g/mol. The number of rotatable bonds is 6. The van der Waals surface area contributed by atoms with Crippen LogP contribution in [0.1, 0.15) is 52.4 Å². The minimum absolute atomic E-state index is 0.180. The number of aliphatic imine (C=N–C) groups is 1. The molecule has 1 aliphatic heterocycles. The first-order valence-corrected chi connectivity index (χ1v) is 11.7. The molecule has 1 heterocycles. The highest BCUT2D eigenvalue weighted by molar-refractivity contribution is 7.89. The van der Waals surface area contributed by atoms with Gasteiger partial charge in [-0.25, -0.2) is 12.7 Å². The van der Waals surface area contributed by atoms with Crippen LogP contribution in [0, 0.1) is 5.41 Å². The van der Waals surface area contributed by atoms with E-state index in [0.717, 1.165) is 31.8 Å². The predicted molar refractivity (Wildman–Crippen MR) is 104 cm³/mol. The van der Waals surface area contributed by atoms with E-state index in [0.29, 0.717) is 30.7 Å². The molecule has 0 aromatic carbocycles. The van der Waals surface area contributed by atoms with Crippen molar-refractivity contribution in [3.63, 3.8) is 0 Å². The Morgan fingerprint density at radius 2 is 1.92 bits per heavy atom. The van der Waals surface area contributed by atoms with E-state index in [1.807, 2.05) is 0 Å². The van der Waals surface area contributed by atoms with Crippen molar-refractivity contribution < 1.29 is 13.2 Å². The maximum absolute atomic E-state index is 12.0. The van der Waals surface area contributed by atoms with Crippen LogP contribution in [-0.4, -0.2) is 69.4 Å². The van der Waals surface area contributed by atoms with Gasteiger partial charge in [0.05, 0.1) is 11.9 Å². The quantitative estimate of drug-likeness (QED) is 0.531. The van der Waals surface area contributed by atoms with Gasteiger partial charge in [0.15, 0.2) is 5.96 Å². The van der Waals surface area contributed by atoms with E-state index in [2.05, 4.69) is 22.5 Å². The highest BCUT2D eigenvalue weighted by atomic mass is 32.2. The first kappa shape index (κ1) is 19.9. The summed E-state index contributed by atoms with van der Waals surface area (Å²) < 4.78 is 31.5. The molecule has 0 aromatic rings.